The normalized spacial score (nSPS) is 16.2. The average molecular weight is 460 g/mol. The van der Waals surface area contributed by atoms with Crippen molar-refractivity contribution in [1.29, 1.82) is 0 Å². The second kappa shape index (κ2) is 12.4. The first-order chi connectivity index (χ1) is 11.7. The van der Waals surface area contributed by atoms with Crippen molar-refractivity contribution < 1.29 is 4.74 Å². The molecule has 1 aromatic rings. The maximum absolute atomic E-state index is 5.26. The van der Waals surface area contributed by atoms with E-state index in [2.05, 4.69) is 33.5 Å². The molecule has 0 saturated carbocycles. The van der Waals surface area contributed by atoms with Gasteiger partial charge in [0.1, 0.15) is 5.75 Å². The van der Waals surface area contributed by atoms with Gasteiger partial charge in [-0.2, -0.15) is 0 Å². The molecular weight excluding hydrogens is 427 g/mol. The molecule has 142 valence electrons. The monoisotopic (exact) mass is 460 g/mol. The number of methoxy groups -OCH3 is 1. The zero-order valence-corrected chi connectivity index (χ0v) is 18.1. The maximum atomic E-state index is 5.26. The molecule has 0 amide bonds. The van der Waals surface area contributed by atoms with Crippen LogP contribution in [0.4, 0.5) is 0 Å². The Labute approximate surface area is 169 Å². The highest BCUT2D eigenvalue weighted by Gasteiger charge is 2.17. The number of nitrogens with zero attached hydrogens (tertiary/aromatic N) is 2. The van der Waals surface area contributed by atoms with Crippen LogP contribution in [-0.2, 0) is 6.54 Å². The molecule has 1 aliphatic heterocycles. The highest BCUT2D eigenvalue weighted by molar-refractivity contribution is 14.0. The van der Waals surface area contributed by atoms with Crippen LogP contribution < -0.4 is 15.4 Å². The highest BCUT2D eigenvalue weighted by atomic mass is 127. The third-order valence-electron chi connectivity index (χ3n) is 4.82. The first-order valence-corrected chi connectivity index (χ1v) is 9.05. The van der Waals surface area contributed by atoms with Gasteiger partial charge in [0.15, 0.2) is 5.96 Å². The lowest BCUT2D eigenvalue weighted by Gasteiger charge is -2.31. The van der Waals surface area contributed by atoms with E-state index >= 15 is 0 Å². The molecule has 2 N–H and O–H groups in total. The zero-order valence-electron chi connectivity index (χ0n) is 15.8. The van der Waals surface area contributed by atoms with Gasteiger partial charge in [0.2, 0.25) is 0 Å². The summed E-state index contributed by atoms with van der Waals surface area (Å²) in [6.45, 7) is 7.67. The summed E-state index contributed by atoms with van der Waals surface area (Å²) in [6.07, 6.45) is 3.87. The van der Waals surface area contributed by atoms with Gasteiger partial charge in [-0.1, -0.05) is 19.1 Å². The minimum Gasteiger partial charge on any atom is -0.497 e. The van der Waals surface area contributed by atoms with Crippen molar-refractivity contribution in [1.82, 2.24) is 15.5 Å². The fourth-order valence-corrected chi connectivity index (χ4v) is 3.17. The first kappa shape index (κ1) is 22.0. The second-order valence-corrected chi connectivity index (χ2v) is 6.37. The Balaban J connectivity index is 0.00000312. The number of halogens is 1. The smallest absolute Gasteiger partial charge is 0.191 e. The summed E-state index contributed by atoms with van der Waals surface area (Å²) < 4.78 is 5.26. The van der Waals surface area contributed by atoms with Gasteiger partial charge in [0.05, 0.1) is 7.11 Å². The fourth-order valence-electron chi connectivity index (χ4n) is 3.17. The summed E-state index contributed by atoms with van der Waals surface area (Å²) in [7, 11) is 3.51. The Morgan fingerprint density at radius 2 is 2.04 bits per heavy atom. The molecule has 1 aliphatic rings. The SMILES string of the molecule is CCN1CCC(CCNC(=NC)NCc2cccc(OC)c2)CC1.I. The number of piperidine rings is 1. The number of aliphatic imine (C=N–C) groups is 1. The lowest BCUT2D eigenvalue weighted by atomic mass is 9.93. The zero-order chi connectivity index (χ0) is 17.2. The molecule has 0 aliphatic carbocycles. The van der Waals surface area contributed by atoms with E-state index in [1.165, 1.54) is 44.5 Å². The van der Waals surface area contributed by atoms with E-state index in [-0.39, 0.29) is 24.0 Å². The lowest BCUT2D eigenvalue weighted by Crippen LogP contribution is -2.39. The van der Waals surface area contributed by atoms with E-state index in [1.54, 1.807) is 7.11 Å². The summed E-state index contributed by atoms with van der Waals surface area (Å²) >= 11 is 0. The number of benzene rings is 1. The Morgan fingerprint density at radius 3 is 2.68 bits per heavy atom. The summed E-state index contributed by atoms with van der Waals surface area (Å²) in [4.78, 5) is 6.85. The van der Waals surface area contributed by atoms with Gasteiger partial charge in [-0.05, 0) is 62.5 Å². The van der Waals surface area contributed by atoms with E-state index < -0.39 is 0 Å². The van der Waals surface area contributed by atoms with Gasteiger partial charge in [-0.15, -0.1) is 24.0 Å². The summed E-state index contributed by atoms with van der Waals surface area (Å²) in [6, 6.07) is 8.10. The second-order valence-electron chi connectivity index (χ2n) is 6.37. The van der Waals surface area contributed by atoms with Crippen LogP contribution in [0.3, 0.4) is 0 Å². The van der Waals surface area contributed by atoms with Crippen molar-refractivity contribution in [3.05, 3.63) is 29.8 Å². The predicted molar refractivity (Wildman–Crippen MR) is 116 cm³/mol. The van der Waals surface area contributed by atoms with Gasteiger partial charge in [0.25, 0.3) is 0 Å². The predicted octanol–water partition coefficient (Wildman–Crippen LogP) is 3.10. The lowest BCUT2D eigenvalue weighted by molar-refractivity contribution is 0.187. The van der Waals surface area contributed by atoms with Crippen molar-refractivity contribution in [2.45, 2.75) is 32.7 Å². The minimum atomic E-state index is 0. The van der Waals surface area contributed by atoms with Crippen LogP contribution >= 0.6 is 24.0 Å². The largest absolute Gasteiger partial charge is 0.497 e. The summed E-state index contributed by atoms with van der Waals surface area (Å²) in [5.41, 5.74) is 1.18. The van der Waals surface area contributed by atoms with Crippen LogP contribution in [0, 0.1) is 5.92 Å². The molecule has 0 aromatic heterocycles. The molecule has 0 spiro atoms. The van der Waals surface area contributed by atoms with Gasteiger partial charge in [0, 0.05) is 20.1 Å². The molecule has 25 heavy (non-hydrogen) atoms. The molecule has 2 rings (SSSR count). The van der Waals surface area contributed by atoms with Crippen LogP contribution in [0.15, 0.2) is 29.3 Å². The minimum absolute atomic E-state index is 0. The average Bonchev–Trinajstić information content (AvgIpc) is 2.65. The van der Waals surface area contributed by atoms with Crippen molar-refractivity contribution in [3.8, 4) is 5.75 Å². The van der Waals surface area contributed by atoms with Crippen molar-refractivity contribution in [2.75, 3.05) is 40.3 Å². The van der Waals surface area contributed by atoms with Gasteiger partial charge < -0.3 is 20.3 Å². The molecule has 1 saturated heterocycles. The molecule has 0 radical (unpaired) electrons. The maximum Gasteiger partial charge on any atom is 0.191 e. The fraction of sp³-hybridized carbons (Fsp3) is 0.632. The first-order valence-electron chi connectivity index (χ1n) is 9.05. The van der Waals surface area contributed by atoms with Crippen LogP contribution in [0.1, 0.15) is 31.7 Å². The van der Waals surface area contributed by atoms with E-state index in [1.807, 2.05) is 25.2 Å². The number of likely N-dealkylation sites (tertiary alicyclic amines) is 1. The van der Waals surface area contributed by atoms with Gasteiger partial charge >= 0.3 is 0 Å². The van der Waals surface area contributed by atoms with Crippen LogP contribution in [0.5, 0.6) is 5.75 Å². The summed E-state index contributed by atoms with van der Waals surface area (Å²) in [5, 5.41) is 6.80. The Hall–Kier alpha value is -1.02. The van der Waals surface area contributed by atoms with Gasteiger partial charge in [-0.3, -0.25) is 4.99 Å². The van der Waals surface area contributed by atoms with Crippen molar-refractivity contribution in [3.63, 3.8) is 0 Å². The third kappa shape index (κ3) is 7.81. The Kier molecular flexibility index (Phi) is 10.9. The van der Waals surface area contributed by atoms with Crippen LogP contribution in [0.25, 0.3) is 0 Å². The number of guanidine groups is 1. The number of rotatable bonds is 7. The standard InChI is InChI=1S/C19H32N4O.HI/c1-4-23-12-9-16(10-13-23)8-11-21-19(20-2)22-15-17-6-5-7-18(14-17)24-3;/h5-7,14,16H,4,8-13,15H2,1-3H3,(H2,20,21,22);1H. The van der Waals surface area contributed by atoms with Crippen molar-refractivity contribution in [2.24, 2.45) is 10.9 Å². The van der Waals surface area contributed by atoms with E-state index in [0.29, 0.717) is 0 Å². The Morgan fingerprint density at radius 1 is 1.28 bits per heavy atom. The van der Waals surface area contributed by atoms with E-state index in [0.717, 1.165) is 30.7 Å². The molecule has 1 aromatic carbocycles. The van der Waals surface area contributed by atoms with E-state index in [4.69, 9.17) is 4.74 Å². The Bertz CT molecular complexity index is 516. The topological polar surface area (TPSA) is 48.9 Å². The van der Waals surface area contributed by atoms with Crippen LogP contribution in [-0.4, -0.2) is 51.2 Å². The van der Waals surface area contributed by atoms with E-state index in [9.17, 15) is 0 Å². The van der Waals surface area contributed by atoms with Crippen molar-refractivity contribution >= 4 is 29.9 Å². The molecule has 1 heterocycles. The molecular formula is C19H33IN4O. The number of hydrogen-bond donors (Lipinski definition) is 2. The molecule has 6 heteroatoms. The highest BCUT2D eigenvalue weighted by Crippen LogP contribution is 2.19. The van der Waals surface area contributed by atoms with Gasteiger partial charge in [-0.25, -0.2) is 0 Å². The van der Waals surface area contributed by atoms with Crippen LogP contribution in [0.2, 0.25) is 0 Å². The molecule has 0 atom stereocenters. The molecule has 0 bridgehead atoms. The summed E-state index contributed by atoms with van der Waals surface area (Å²) in [5.74, 6) is 2.59. The molecule has 1 fully saturated rings. The number of nitrogens with one attached hydrogen (secondary N) is 2. The third-order valence-corrected chi connectivity index (χ3v) is 4.82. The molecule has 0 unspecified atom stereocenters. The number of hydrogen-bond acceptors (Lipinski definition) is 3. The molecule has 5 nitrogen and oxygen atoms in total. The number of ether oxygens (including phenoxy) is 1. The quantitative estimate of drug-likeness (QED) is 0.373.